The molecule has 0 heterocycles. The molecule has 0 aromatic rings. The van der Waals surface area contributed by atoms with Crippen LogP contribution in [-0.2, 0) is 14.3 Å². The van der Waals surface area contributed by atoms with Crippen LogP contribution in [0.5, 0.6) is 0 Å². The molecule has 0 aliphatic heterocycles. The van der Waals surface area contributed by atoms with Crippen LogP contribution in [0.1, 0.15) is 187 Å². The number of carboxylic acid groups (broad SMARTS) is 1. The molecule has 0 aliphatic carbocycles. The van der Waals surface area contributed by atoms with E-state index < -0.39 is 5.97 Å². The van der Waals surface area contributed by atoms with Crippen molar-refractivity contribution in [3.8, 4) is 0 Å². The fourth-order valence-corrected chi connectivity index (χ4v) is 5.45. The summed E-state index contributed by atoms with van der Waals surface area (Å²) in [7, 11) is 0. The zero-order valence-electron chi connectivity index (χ0n) is 30.1. The Morgan fingerprint density at radius 2 is 0.913 bits per heavy atom. The minimum atomic E-state index is -0.716. The zero-order chi connectivity index (χ0) is 33.6. The Hall–Kier alpha value is -2.36. The van der Waals surface area contributed by atoms with Gasteiger partial charge in [0.25, 0.3) is 0 Å². The average Bonchev–Trinajstić information content (AvgIpc) is 3.04. The number of carboxylic acids is 1. The average molecular weight is 641 g/mol. The minimum Gasteiger partial charge on any atom is -0.481 e. The molecular weight excluding hydrogens is 568 g/mol. The van der Waals surface area contributed by atoms with Gasteiger partial charge < -0.3 is 9.84 Å². The second-order valence-electron chi connectivity index (χ2n) is 12.7. The van der Waals surface area contributed by atoms with Crippen molar-refractivity contribution in [1.29, 1.82) is 0 Å². The maximum absolute atomic E-state index is 12.6. The lowest BCUT2D eigenvalue weighted by atomic mass is 10.0. The van der Waals surface area contributed by atoms with Gasteiger partial charge in [0.2, 0.25) is 0 Å². The third-order valence-corrected chi connectivity index (χ3v) is 8.25. The number of esters is 1. The lowest BCUT2D eigenvalue weighted by molar-refractivity contribution is -0.150. The molecule has 0 aromatic heterocycles. The Morgan fingerprint density at radius 3 is 1.41 bits per heavy atom. The second kappa shape index (κ2) is 37.1. The summed E-state index contributed by atoms with van der Waals surface area (Å²) in [4.78, 5) is 23.3. The summed E-state index contributed by atoms with van der Waals surface area (Å²) in [5.74, 6) is -0.749. The van der Waals surface area contributed by atoms with Gasteiger partial charge in [-0.2, -0.15) is 0 Å². The van der Waals surface area contributed by atoms with Crippen molar-refractivity contribution in [3.63, 3.8) is 0 Å². The molecule has 0 rings (SSSR count). The fraction of sp³-hybridized carbons (Fsp3) is 0.714. The second-order valence-corrected chi connectivity index (χ2v) is 12.7. The van der Waals surface area contributed by atoms with E-state index in [0.717, 1.165) is 96.3 Å². The third-order valence-electron chi connectivity index (χ3n) is 8.25. The van der Waals surface area contributed by atoms with E-state index in [1.807, 2.05) is 0 Å². The molecule has 4 nitrogen and oxygen atoms in total. The Balaban J connectivity index is 3.96. The first-order chi connectivity index (χ1) is 22.6. The largest absolute Gasteiger partial charge is 0.481 e. The molecule has 1 N–H and O–H groups in total. The maximum atomic E-state index is 12.6. The highest BCUT2D eigenvalue weighted by atomic mass is 16.5. The van der Waals surface area contributed by atoms with Gasteiger partial charge in [0.15, 0.2) is 0 Å². The summed E-state index contributed by atoms with van der Waals surface area (Å²) < 4.78 is 5.94. The van der Waals surface area contributed by atoms with Crippen LogP contribution in [0.3, 0.4) is 0 Å². The van der Waals surface area contributed by atoms with Crippen molar-refractivity contribution < 1.29 is 19.4 Å². The highest BCUT2D eigenvalue weighted by Crippen LogP contribution is 2.18. The van der Waals surface area contributed by atoms with E-state index in [9.17, 15) is 9.59 Å². The molecule has 1 unspecified atom stereocenters. The highest BCUT2D eigenvalue weighted by molar-refractivity contribution is 5.69. The van der Waals surface area contributed by atoms with Gasteiger partial charge in [-0.3, -0.25) is 9.59 Å². The molecule has 1 atom stereocenters. The maximum Gasteiger partial charge on any atom is 0.306 e. The molecule has 0 bridgehead atoms. The van der Waals surface area contributed by atoms with Crippen LogP contribution in [0.25, 0.3) is 0 Å². The quantitative estimate of drug-likeness (QED) is 0.0432. The summed E-state index contributed by atoms with van der Waals surface area (Å²) in [6.45, 7) is 4.41. The number of ether oxygens (including phenoxy) is 1. The van der Waals surface area contributed by atoms with Crippen molar-refractivity contribution in [2.45, 2.75) is 193 Å². The Bertz CT molecular complexity index is 820. The van der Waals surface area contributed by atoms with E-state index in [2.05, 4.69) is 74.6 Å². The molecule has 0 aromatic carbocycles. The molecule has 0 fully saturated rings. The summed E-state index contributed by atoms with van der Waals surface area (Å²) in [6, 6.07) is 0. The number of carbonyl (C=O) groups excluding carboxylic acids is 1. The van der Waals surface area contributed by atoms with Crippen molar-refractivity contribution in [1.82, 2.24) is 0 Å². The first-order valence-corrected chi connectivity index (χ1v) is 19.3. The Labute approximate surface area is 284 Å². The summed E-state index contributed by atoms with van der Waals surface area (Å²) in [6.07, 6.45) is 50.9. The number of unbranched alkanes of at least 4 members (excludes halogenated alkanes) is 15. The fourth-order valence-electron chi connectivity index (χ4n) is 5.45. The molecule has 0 radical (unpaired) electrons. The van der Waals surface area contributed by atoms with Gasteiger partial charge in [-0.25, -0.2) is 0 Å². The van der Waals surface area contributed by atoms with Gasteiger partial charge in [0, 0.05) is 12.8 Å². The van der Waals surface area contributed by atoms with Crippen LogP contribution >= 0.6 is 0 Å². The van der Waals surface area contributed by atoms with Crippen LogP contribution in [0, 0.1) is 0 Å². The highest BCUT2D eigenvalue weighted by Gasteiger charge is 2.14. The smallest absolute Gasteiger partial charge is 0.306 e. The van der Waals surface area contributed by atoms with Gasteiger partial charge >= 0.3 is 11.9 Å². The van der Waals surface area contributed by atoms with Gasteiger partial charge in [-0.05, 0) is 83.5 Å². The van der Waals surface area contributed by atoms with E-state index in [0.29, 0.717) is 6.42 Å². The number of rotatable bonds is 34. The minimum absolute atomic E-state index is 0.0236. The first-order valence-electron chi connectivity index (χ1n) is 19.3. The number of allylic oxidation sites excluding steroid dienone is 10. The summed E-state index contributed by atoms with van der Waals surface area (Å²) in [5, 5.41) is 8.83. The zero-order valence-corrected chi connectivity index (χ0v) is 30.1. The van der Waals surface area contributed by atoms with Crippen LogP contribution in [0.2, 0.25) is 0 Å². The molecule has 46 heavy (non-hydrogen) atoms. The molecule has 264 valence electrons. The predicted molar refractivity (Wildman–Crippen MR) is 199 cm³/mol. The van der Waals surface area contributed by atoms with Crippen LogP contribution in [-0.4, -0.2) is 23.1 Å². The summed E-state index contributed by atoms with van der Waals surface area (Å²) >= 11 is 0. The molecule has 0 amide bonds. The normalized spacial score (nSPS) is 12.9. The molecule has 0 aliphatic rings. The SMILES string of the molecule is CC/C=C\C/C=C\C/C=C\C/C=C\C/C=C\CCCCCCCC(=O)OC(CCCCCCCCCC)CCCCCCC(=O)O. The molecule has 0 spiro atoms. The van der Waals surface area contributed by atoms with Crippen molar-refractivity contribution in [2.24, 2.45) is 0 Å². The lowest BCUT2D eigenvalue weighted by Gasteiger charge is -2.18. The molecule has 0 saturated carbocycles. The standard InChI is InChI=1S/C42H72O4/c1-3-5-7-9-11-13-14-15-16-17-18-19-20-21-22-23-24-25-27-29-35-39-42(45)46-40(37-33-30-31-34-38-41(43)44)36-32-28-26-12-10-8-6-4-2/h5,7,11,13,15-16,18-19,21-22,40H,3-4,6,8-10,12,14,17,20,23-39H2,1-2H3,(H,43,44)/b7-5-,13-11-,16-15-,19-18-,22-21-. The number of aliphatic carboxylic acids is 1. The number of carbonyl (C=O) groups is 2. The van der Waals surface area contributed by atoms with E-state index in [1.165, 1.54) is 64.2 Å². The van der Waals surface area contributed by atoms with Crippen LogP contribution in [0.4, 0.5) is 0 Å². The number of hydrogen-bond acceptors (Lipinski definition) is 3. The van der Waals surface area contributed by atoms with Crippen molar-refractivity contribution >= 4 is 11.9 Å². The van der Waals surface area contributed by atoms with E-state index in [-0.39, 0.29) is 18.5 Å². The van der Waals surface area contributed by atoms with Crippen molar-refractivity contribution in [3.05, 3.63) is 60.8 Å². The van der Waals surface area contributed by atoms with Crippen molar-refractivity contribution in [2.75, 3.05) is 0 Å². The Morgan fingerprint density at radius 1 is 0.500 bits per heavy atom. The Kier molecular flexibility index (Phi) is 35.2. The molecule has 0 saturated heterocycles. The van der Waals surface area contributed by atoms with E-state index >= 15 is 0 Å². The number of hydrogen-bond donors (Lipinski definition) is 1. The van der Waals surface area contributed by atoms with Gasteiger partial charge in [-0.1, -0.05) is 152 Å². The molecule has 4 heteroatoms. The van der Waals surface area contributed by atoms with E-state index in [4.69, 9.17) is 9.84 Å². The van der Waals surface area contributed by atoms with Crippen LogP contribution < -0.4 is 0 Å². The van der Waals surface area contributed by atoms with Crippen LogP contribution in [0.15, 0.2) is 60.8 Å². The summed E-state index contributed by atoms with van der Waals surface area (Å²) in [5.41, 5.74) is 0. The van der Waals surface area contributed by atoms with E-state index in [1.54, 1.807) is 0 Å². The molecular formula is C42H72O4. The lowest BCUT2D eigenvalue weighted by Crippen LogP contribution is -2.18. The van der Waals surface area contributed by atoms with Gasteiger partial charge in [0.05, 0.1) is 0 Å². The first kappa shape index (κ1) is 43.6. The van der Waals surface area contributed by atoms with Gasteiger partial charge in [0.1, 0.15) is 6.10 Å². The predicted octanol–water partition coefficient (Wildman–Crippen LogP) is 13.3. The van der Waals surface area contributed by atoms with Gasteiger partial charge in [-0.15, -0.1) is 0 Å². The topological polar surface area (TPSA) is 63.6 Å². The third kappa shape index (κ3) is 36.1. The monoisotopic (exact) mass is 641 g/mol.